The molecule has 208 valence electrons. The lowest BCUT2D eigenvalue weighted by Gasteiger charge is -2.25. The zero-order valence-electron chi connectivity index (χ0n) is 22.6. The summed E-state index contributed by atoms with van der Waals surface area (Å²) < 4.78 is 12.4. The third-order valence-corrected chi connectivity index (χ3v) is 6.75. The first kappa shape index (κ1) is 29.6. The SMILES string of the molecule is COOCC1=C(COOC)C2OC1C=C2COC[C@H]1CN[C@H](C)CN[C@@H](C)CNCCN[C@@H](C)CN1. The second kappa shape index (κ2) is 16.1. The van der Waals surface area contributed by atoms with Gasteiger partial charge in [-0.2, -0.15) is 0 Å². The average Bonchev–Trinajstić information content (AvgIpc) is 3.43. The van der Waals surface area contributed by atoms with Gasteiger partial charge in [-0.05, 0) is 43.6 Å². The van der Waals surface area contributed by atoms with Crippen molar-refractivity contribution in [3.63, 3.8) is 0 Å². The zero-order valence-corrected chi connectivity index (χ0v) is 22.6. The van der Waals surface area contributed by atoms with E-state index in [1.807, 2.05) is 0 Å². The molecular formula is C25H47N5O6. The highest BCUT2D eigenvalue weighted by atomic mass is 17.2. The molecule has 5 N–H and O–H groups in total. The van der Waals surface area contributed by atoms with Crippen molar-refractivity contribution in [2.75, 3.05) is 79.9 Å². The summed E-state index contributed by atoms with van der Waals surface area (Å²) in [5.74, 6) is 0. The van der Waals surface area contributed by atoms with Crippen LogP contribution in [0.4, 0.5) is 0 Å². The molecule has 2 unspecified atom stereocenters. The van der Waals surface area contributed by atoms with Crippen LogP contribution in [0.5, 0.6) is 0 Å². The number of nitrogens with one attached hydrogen (secondary N) is 5. The number of ether oxygens (including phenoxy) is 2. The lowest BCUT2D eigenvalue weighted by Crippen LogP contribution is -2.50. The predicted octanol–water partition coefficient (Wildman–Crippen LogP) is -0.341. The van der Waals surface area contributed by atoms with Crippen molar-refractivity contribution in [1.29, 1.82) is 0 Å². The summed E-state index contributed by atoms with van der Waals surface area (Å²) in [6.07, 6.45) is 1.80. The first-order chi connectivity index (χ1) is 17.5. The van der Waals surface area contributed by atoms with Crippen molar-refractivity contribution in [2.24, 2.45) is 0 Å². The number of hydrogen-bond acceptors (Lipinski definition) is 11. The van der Waals surface area contributed by atoms with E-state index < -0.39 is 0 Å². The van der Waals surface area contributed by atoms with E-state index >= 15 is 0 Å². The third kappa shape index (κ3) is 9.41. The van der Waals surface area contributed by atoms with Crippen LogP contribution in [-0.4, -0.2) is 116 Å². The van der Waals surface area contributed by atoms with Gasteiger partial charge in [0.05, 0.1) is 27.4 Å². The first-order valence-electron chi connectivity index (χ1n) is 13.1. The Kier molecular flexibility index (Phi) is 13.2. The highest BCUT2D eigenvalue weighted by molar-refractivity contribution is 5.44. The standard InChI is InChI=1S/C25H47N5O6/c1-17-9-26-6-7-27-18(2)11-30-21(12-29-19(3)10-28-17)14-33-13-20-8-24-22(15-34-31-4)23(16-35-32-5)25(20)36-24/h8,17-19,21,24-30H,6-7,9-16H2,1-5H3/t17-,18-,19+,21+,24?,25?/m0/s1. The van der Waals surface area contributed by atoms with Crippen LogP contribution in [0, 0.1) is 0 Å². The molecule has 0 aromatic rings. The van der Waals surface area contributed by atoms with Crippen LogP contribution in [0.15, 0.2) is 22.8 Å². The second-order valence-electron chi connectivity index (χ2n) is 9.88. The van der Waals surface area contributed by atoms with Crippen LogP contribution >= 0.6 is 0 Å². The Morgan fingerprint density at radius 3 is 2.22 bits per heavy atom. The van der Waals surface area contributed by atoms with Gasteiger partial charge in [0, 0.05) is 63.4 Å². The molecule has 3 rings (SSSR count). The van der Waals surface area contributed by atoms with Gasteiger partial charge in [-0.15, -0.1) is 0 Å². The van der Waals surface area contributed by atoms with Gasteiger partial charge in [0.15, 0.2) is 0 Å². The van der Waals surface area contributed by atoms with Crippen molar-refractivity contribution in [3.8, 4) is 0 Å². The largest absolute Gasteiger partial charge is 0.375 e. The minimum Gasteiger partial charge on any atom is -0.375 e. The van der Waals surface area contributed by atoms with Crippen LogP contribution < -0.4 is 26.6 Å². The molecule has 0 aliphatic carbocycles. The van der Waals surface area contributed by atoms with E-state index in [0.717, 1.165) is 56.0 Å². The molecule has 11 nitrogen and oxygen atoms in total. The molecule has 6 atom stereocenters. The van der Waals surface area contributed by atoms with Crippen LogP contribution in [0.2, 0.25) is 0 Å². The third-order valence-electron chi connectivity index (χ3n) is 6.75. The molecule has 0 aromatic heterocycles. The molecule has 3 aliphatic heterocycles. The lowest BCUT2D eigenvalue weighted by molar-refractivity contribution is -0.269. The maximum Gasteiger partial charge on any atom is 0.107 e. The van der Waals surface area contributed by atoms with E-state index in [-0.39, 0.29) is 18.2 Å². The molecule has 0 aromatic carbocycles. The van der Waals surface area contributed by atoms with E-state index in [0.29, 0.717) is 44.6 Å². The summed E-state index contributed by atoms with van der Waals surface area (Å²) in [5, 5.41) is 18.0. The summed E-state index contributed by atoms with van der Waals surface area (Å²) in [5.41, 5.74) is 3.14. The fourth-order valence-electron chi connectivity index (χ4n) is 4.62. The molecule has 11 heteroatoms. The Morgan fingerprint density at radius 2 is 1.44 bits per heavy atom. The molecule has 0 saturated carbocycles. The summed E-state index contributed by atoms with van der Waals surface area (Å²) >= 11 is 0. The summed E-state index contributed by atoms with van der Waals surface area (Å²) in [4.78, 5) is 20.0. The van der Waals surface area contributed by atoms with Gasteiger partial charge >= 0.3 is 0 Å². The van der Waals surface area contributed by atoms with Gasteiger partial charge in [0.2, 0.25) is 0 Å². The van der Waals surface area contributed by atoms with E-state index in [2.05, 4.69) is 53.4 Å². The minimum absolute atomic E-state index is 0.144. The Labute approximate surface area is 215 Å². The van der Waals surface area contributed by atoms with Crippen molar-refractivity contribution >= 4 is 0 Å². The van der Waals surface area contributed by atoms with Gasteiger partial charge in [0.25, 0.3) is 0 Å². The Hall–Kier alpha value is -0.960. The predicted molar refractivity (Wildman–Crippen MR) is 138 cm³/mol. The summed E-state index contributed by atoms with van der Waals surface area (Å²) in [7, 11) is 3.00. The highest BCUT2D eigenvalue weighted by Crippen LogP contribution is 2.39. The van der Waals surface area contributed by atoms with Crippen molar-refractivity contribution in [3.05, 3.63) is 22.8 Å². The Morgan fingerprint density at radius 1 is 0.778 bits per heavy atom. The molecule has 1 saturated heterocycles. The Bertz CT molecular complexity index is 708. The molecular weight excluding hydrogens is 466 g/mol. The summed E-state index contributed by atoms with van der Waals surface area (Å²) in [6.45, 7) is 13.9. The number of hydrogen-bond donors (Lipinski definition) is 5. The van der Waals surface area contributed by atoms with Crippen molar-refractivity contribution < 1.29 is 29.0 Å². The van der Waals surface area contributed by atoms with Gasteiger partial charge in [0.1, 0.15) is 25.4 Å². The maximum atomic E-state index is 6.21. The molecule has 3 aliphatic rings. The second-order valence-corrected chi connectivity index (χ2v) is 9.88. The molecule has 0 radical (unpaired) electrons. The van der Waals surface area contributed by atoms with Crippen LogP contribution in [0.3, 0.4) is 0 Å². The minimum atomic E-state index is -0.175. The molecule has 2 bridgehead atoms. The molecule has 0 spiro atoms. The monoisotopic (exact) mass is 513 g/mol. The number of fused-ring (bicyclic) bond motifs is 2. The fourth-order valence-corrected chi connectivity index (χ4v) is 4.62. The van der Waals surface area contributed by atoms with E-state index in [4.69, 9.17) is 29.0 Å². The van der Waals surface area contributed by atoms with E-state index in [1.165, 1.54) is 14.2 Å². The van der Waals surface area contributed by atoms with Crippen molar-refractivity contribution in [1.82, 2.24) is 26.6 Å². The molecule has 36 heavy (non-hydrogen) atoms. The number of rotatable bonds is 10. The lowest BCUT2D eigenvalue weighted by atomic mass is 9.92. The molecule has 3 heterocycles. The van der Waals surface area contributed by atoms with Gasteiger partial charge in [-0.3, -0.25) is 0 Å². The van der Waals surface area contributed by atoms with E-state index in [9.17, 15) is 0 Å². The highest BCUT2D eigenvalue weighted by Gasteiger charge is 2.41. The quantitative estimate of drug-likeness (QED) is 0.150. The van der Waals surface area contributed by atoms with Crippen molar-refractivity contribution in [2.45, 2.75) is 57.1 Å². The van der Waals surface area contributed by atoms with Gasteiger partial charge < -0.3 is 36.1 Å². The first-order valence-corrected chi connectivity index (χ1v) is 13.1. The van der Waals surface area contributed by atoms with Crippen LogP contribution in [0.25, 0.3) is 0 Å². The van der Waals surface area contributed by atoms with E-state index in [1.54, 1.807) is 0 Å². The van der Waals surface area contributed by atoms with Crippen LogP contribution in [-0.2, 0) is 29.0 Å². The smallest absolute Gasteiger partial charge is 0.107 e. The normalized spacial score (nSPS) is 32.9. The van der Waals surface area contributed by atoms with Gasteiger partial charge in [-0.25, -0.2) is 19.6 Å². The zero-order chi connectivity index (χ0) is 25.8. The molecule has 0 amide bonds. The summed E-state index contributed by atoms with van der Waals surface area (Å²) in [6, 6.07) is 1.35. The van der Waals surface area contributed by atoms with Gasteiger partial charge in [-0.1, -0.05) is 0 Å². The van der Waals surface area contributed by atoms with Crippen LogP contribution in [0.1, 0.15) is 20.8 Å². The molecule has 1 fully saturated rings. The maximum absolute atomic E-state index is 6.21. The topological polar surface area (TPSA) is 116 Å². The average molecular weight is 514 g/mol. The Balaban J connectivity index is 1.51. The fraction of sp³-hybridized carbons (Fsp3) is 0.840.